The number of aldehydes is 1. The second-order valence-corrected chi connectivity index (χ2v) is 6.11. The van der Waals surface area contributed by atoms with Gasteiger partial charge in [-0.05, 0) is 43.5 Å². The zero-order chi connectivity index (χ0) is 12.6. The number of phenols is 1. The summed E-state index contributed by atoms with van der Waals surface area (Å²) in [5.41, 5.74) is 0.846. The van der Waals surface area contributed by atoms with E-state index in [2.05, 4.69) is 4.98 Å². The van der Waals surface area contributed by atoms with Crippen LogP contribution in [0.5, 0.6) is 5.75 Å². The number of nitrogens with zero attached hydrogens (tertiary/aromatic N) is 1. The molecule has 0 spiro atoms. The number of aromatic hydroxyl groups is 1. The first-order chi connectivity index (χ1) is 8.72. The molecule has 1 aliphatic carbocycles. The second-order valence-electron chi connectivity index (χ2n) is 4.65. The molecular weight excluding hydrogens is 246 g/mol. The molecule has 0 aliphatic heterocycles. The van der Waals surface area contributed by atoms with Crippen molar-refractivity contribution in [3.05, 3.63) is 30.5 Å². The molecule has 4 heteroatoms. The third kappa shape index (κ3) is 1.86. The third-order valence-electron chi connectivity index (χ3n) is 3.41. The summed E-state index contributed by atoms with van der Waals surface area (Å²) < 4.78 is -0.264. The summed E-state index contributed by atoms with van der Waals surface area (Å²) in [7, 11) is 0. The number of carbonyl (C=O) groups excluding carboxylic acids is 1. The first-order valence-electron chi connectivity index (χ1n) is 5.96. The maximum atomic E-state index is 11.2. The summed E-state index contributed by atoms with van der Waals surface area (Å²) in [5.74, 6) is 0.228. The largest absolute Gasteiger partial charge is 0.508 e. The fraction of sp³-hybridized carbons (Fsp3) is 0.286. The number of thioether (sulfide) groups is 1. The number of hydrogen-bond donors (Lipinski definition) is 1. The number of benzene rings is 1. The molecule has 0 unspecified atom stereocenters. The summed E-state index contributed by atoms with van der Waals surface area (Å²) in [6, 6.07) is 7.05. The fourth-order valence-corrected chi connectivity index (χ4v) is 3.57. The van der Waals surface area contributed by atoms with Gasteiger partial charge >= 0.3 is 0 Å². The number of fused-ring (bicyclic) bond motifs is 1. The van der Waals surface area contributed by atoms with E-state index < -0.39 is 0 Å². The van der Waals surface area contributed by atoms with Crippen LogP contribution in [-0.4, -0.2) is 21.1 Å². The van der Waals surface area contributed by atoms with E-state index in [0.29, 0.717) is 0 Å². The average molecular weight is 259 g/mol. The van der Waals surface area contributed by atoms with Gasteiger partial charge in [0.25, 0.3) is 0 Å². The Bertz CT molecular complexity index is 608. The topological polar surface area (TPSA) is 50.2 Å². The normalized spacial score (nSPS) is 17.3. The van der Waals surface area contributed by atoms with Crippen molar-refractivity contribution < 1.29 is 9.90 Å². The zero-order valence-corrected chi connectivity index (χ0v) is 10.6. The molecule has 3 nitrogen and oxygen atoms in total. The Morgan fingerprint density at radius 3 is 2.83 bits per heavy atom. The highest BCUT2D eigenvalue weighted by molar-refractivity contribution is 8.01. The van der Waals surface area contributed by atoms with Crippen LogP contribution in [0.1, 0.15) is 19.3 Å². The molecule has 1 fully saturated rings. The van der Waals surface area contributed by atoms with Crippen LogP contribution >= 0.6 is 11.8 Å². The van der Waals surface area contributed by atoms with Gasteiger partial charge in [0, 0.05) is 16.5 Å². The minimum Gasteiger partial charge on any atom is -0.508 e. The van der Waals surface area contributed by atoms with Crippen LogP contribution in [0.25, 0.3) is 10.9 Å². The number of aromatic nitrogens is 1. The van der Waals surface area contributed by atoms with Crippen molar-refractivity contribution >= 4 is 29.0 Å². The van der Waals surface area contributed by atoms with Crippen LogP contribution in [0.4, 0.5) is 0 Å². The van der Waals surface area contributed by atoms with Gasteiger partial charge in [-0.15, -0.1) is 11.8 Å². The van der Waals surface area contributed by atoms with Crippen LogP contribution in [0.3, 0.4) is 0 Å². The Kier molecular flexibility index (Phi) is 2.74. The van der Waals surface area contributed by atoms with Crippen molar-refractivity contribution in [3.8, 4) is 5.75 Å². The van der Waals surface area contributed by atoms with Crippen molar-refractivity contribution in [2.75, 3.05) is 0 Å². The van der Waals surface area contributed by atoms with Gasteiger partial charge in [0.1, 0.15) is 12.0 Å². The van der Waals surface area contributed by atoms with Crippen LogP contribution in [0.15, 0.2) is 35.4 Å². The molecule has 0 amide bonds. The minimum absolute atomic E-state index is 0.228. The fourth-order valence-electron chi connectivity index (χ4n) is 2.19. The van der Waals surface area contributed by atoms with Gasteiger partial charge in [-0.2, -0.15) is 0 Å². The highest BCUT2D eigenvalue weighted by Crippen LogP contribution is 2.47. The summed E-state index contributed by atoms with van der Waals surface area (Å²) in [6.45, 7) is 0. The van der Waals surface area contributed by atoms with Crippen molar-refractivity contribution in [2.45, 2.75) is 28.9 Å². The molecule has 0 bridgehead atoms. The van der Waals surface area contributed by atoms with E-state index in [4.69, 9.17) is 0 Å². The molecule has 18 heavy (non-hydrogen) atoms. The molecule has 1 N–H and O–H groups in total. The van der Waals surface area contributed by atoms with Crippen LogP contribution in [0, 0.1) is 0 Å². The molecule has 0 radical (unpaired) electrons. The summed E-state index contributed by atoms with van der Waals surface area (Å²) in [4.78, 5) is 16.5. The van der Waals surface area contributed by atoms with E-state index in [1.807, 2.05) is 6.07 Å². The Morgan fingerprint density at radius 1 is 1.33 bits per heavy atom. The van der Waals surface area contributed by atoms with Gasteiger partial charge in [0.05, 0.1) is 10.3 Å². The van der Waals surface area contributed by atoms with Crippen molar-refractivity contribution in [1.82, 2.24) is 4.98 Å². The Hall–Kier alpha value is -1.55. The molecule has 1 heterocycles. The predicted molar refractivity (Wildman–Crippen MR) is 71.9 cm³/mol. The van der Waals surface area contributed by atoms with Crippen molar-refractivity contribution in [2.24, 2.45) is 0 Å². The first kappa shape index (κ1) is 11.5. The van der Waals surface area contributed by atoms with Crippen LogP contribution in [-0.2, 0) is 4.79 Å². The maximum absolute atomic E-state index is 11.2. The van der Waals surface area contributed by atoms with E-state index in [9.17, 15) is 9.90 Å². The van der Waals surface area contributed by atoms with Gasteiger partial charge in [0.15, 0.2) is 0 Å². The molecule has 1 aromatic carbocycles. The van der Waals surface area contributed by atoms with Gasteiger partial charge in [-0.3, -0.25) is 4.98 Å². The van der Waals surface area contributed by atoms with Gasteiger partial charge in [-0.25, -0.2) is 0 Å². The quantitative estimate of drug-likeness (QED) is 0.860. The molecule has 2 aromatic rings. The standard InChI is InChI=1S/C14H13NO2S/c16-9-14(5-1-6-14)18-13-4-7-15-12-3-2-10(17)8-11(12)13/h2-4,7-9,17H,1,5-6H2. The SMILES string of the molecule is O=CC1(Sc2ccnc3ccc(O)cc23)CCC1. The number of hydrogen-bond acceptors (Lipinski definition) is 4. The minimum atomic E-state index is -0.264. The Labute approximate surface area is 109 Å². The zero-order valence-electron chi connectivity index (χ0n) is 9.80. The predicted octanol–water partition coefficient (Wildman–Crippen LogP) is 3.15. The molecule has 92 valence electrons. The molecule has 1 aliphatic rings. The second kappa shape index (κ2) is 4.28. The third-order valence-corrected chi connectivity index (χ3v) is 4.90. The van der Waals surface area contributed by atoms with Gasteiger partial charge in [-0.1, -0.05) is 0 Å². The highest BCUT2D eigenvalue weighted by Gasteiger charge is 2.38. The lowest BCUT2D eigenvalue weighted by Crippen LogP contribution is -2.34. The lowest BCUT2D eigenvalue weighted by atomic mass is 9.86. The Balaban J connectivity index is 2.06. The smallest absolute Gasteiger partial charge is 0.136 e. The molecule has 1 saturated carbocycles. The first-order valence-corrected chi connectivity index (χ1v) is 6.77. The highest BCUT2D eigenvalue weighted by atomic mass is 32.2. The van der Waals surface area contributed by atoms with E-state index in [1.54, 1.807) is 36.2 Å². The lowest BCUT2D eigenvalue weighted by molar-refractivity contribution is -0.111. The summed E-state index contributed by atoms with van der Waals surface area (Å²) >= 11 is 1.60. The van der Waals surface area contributed by atoms with Crippen LogP contribution in [0.2, 0.25) is 0 Å². The van der Waals surface area contributed by atoms with Crippen molar-refractivity contribution in [1.29, 1.82) is 0 Å². The lowest BCUT2D eigenvalue weighted by Gasteiger charge is -2.36. The number of pyridine rings is 1. The van der Waals surface area contributed by atoms with Gasteiger partial charge < -0.3 is 9.90 Å². The van der Waals surface area contributed by atoms with E-state index in [1.165, 1.54) is 0 Å². The molecule has 0 saturated heterocycles. The van der Waals surface area contributed by atoms with Gasteiger partial charge in [0.2, 0.25) is 0 Å². The van der Waals surface area contributed by atoms with Crippen molar-refractivity contribution in [3.63, 3.8) is 0 Å². The summed E-state index contributed by atoms with van der Waals surface area (Å²) in [5, 5.41) is 10.5. The van der Waals surface area contributed by atoms with E-state index in [0.717, 1.165) is 41.3 Å². The number of carbonyl (C=O) groups is 1. The Morgan fingerprint density at radius 2 is 2.17 bits per heavy atom. The monoisotopic (exact) mass is 259 g/mol. The molecule has 1 aromatic heterocycles. The molecular formula is C14H13NO2S. The number of rotatable bonds is 3. The molecule has 0 atom stereocenters. The van der Waals surface area contributed by atoms with E-state index in [-0.39, 0.29) is 10.5 Å². The number of phenolic OH excluding ortho intramolecular Hbond substituents is 1. The maximum Gasteiger partial charge on any atom is 0.136 e. The average Bonchev–Trinajstić information content (AvgIpc) is 2.34. The van der Waals surface area contributed by atoms with Crippen LogP contribution < -0.4 is 0 Å². The molecule has 3 rings (SSSR count). The summed E-state index contributed by atoms with van der Waals surface area (Å²) in [6.07, 6.45) is 5.79. The van der Waals surface area contributed by atoms with E-state index >= 15 is 0 Å².